The standard InChI is InChI=1S/C17H17ClFNO/c1-21-17-5-3-2-4-14(17)11-8-13(9-11)20-12-6-7-16(19)15(18)10-12/h2-7,10-11,13,20H,8-9H2,1H3. The zero-order valence-electron chi connectivity index (χ0n) is 11.8. The highest BCUT2D eigenvalue weighted by Gasteiger charge is 2.31. The summed E-state index contributed by atoms with van der Waals surface area (Å²) in [5, 5.41) is 3.55. The minimum atomic E-state index is -0.386. The monoisotopic (exact) mass is 305 g/mol. The first-order valence-electron chi connectivity index (χ1n) is 7.02. The first-order chi connectivity index (χ1) is 10.2. The molecule has 0 aromatic heterocycles. The maximum Gasteiger partial charge on any atom is 0.141 e. The van der Waals surface area contributed by atoms with Gasteiger partial charge < -0.3 is 10.1 Å². The number of benzene rings is 2. The van der Waals surface area contributed by atoms with Crippen LogP contribution in [0.4, 0.5) is 10.1 Å². The van der Waals surface area contributed by atoms with Gasteiger partial charge in [0.25, 0.3) is 0 Å². The van der Waals surface area contributed by atoms with Crippen molar-refractivity contribution in [3.8, 4) is 5.75 Å². The Hall–Kier alpha value is -1.74. The van der Waals surface area contributed by atoms with Crippen LogP contribution < -0.4 is 10.1 Å². The number of methoxy groups -OCH3 is 1. The first kappa shape index (κ1) is 14.2. The largest absolute Gasteiger partial charge is 0.496 e. The predicted octanol–water partition coefficient (Wildman–Crippen LogP) is 4.85. The molecule has 3 rings (SSSR count). The van der Waals surface area contributed by atoms with Crippen LogP contribution in [-0.2, 0) is 0 Å². The molecule has 0 atom stereocenters. The average molecular weight is 306 g/mol. The molecule has 1 aliphatic carbocycles. The Morgan fingerprint density at radius 3 is 2.67 bits per heavy atom. The molecule has 2 aromatic carbocycles. The van der Waals surface area contributed by atoms with Gasteiger partial charge in [-0.3, -0.25) is 0 Å². The number of nitrogens with one attached hydrogen (secondary N) is 1. The molecule has 1 fully saturated rings. The van der Waals surface area contributed by atoms with E-state index in [2.05, 4.69) is 11.4 Å². The van der Waals surface area contributed by atoms with E-state index in [4.69, 9.17) is 16.3 Å². The van der Waals surface area contributed by atoms with Crippen molar-refractivity contribution in [2.45, 2.75) is 24.8 Å². The van der Waals surface area contributed by atoms with Crippen LogP contribution in [0.5, 0.6) is 5.75 Å². The van der Waals surface area contributed by atoms with E-state index >= 15 is 0 Å². The van der Waals surface area contributed by atoms with Crippen LogP contribution in [0.25, 0.3) is 0 Å². The Bertz CT molecular complexity index is 640. The Morgan fingerprint density at radius 1 is 1.19 bits per heavy atom. The van der Waals surface area contributed by atoms with Crippen molar-refractivity contribution in [1.82, 2.24) is 0 Å². The lowest BCUT2D eigenvalue weighted by atomic mass is 9.75. The molecule has 2 nitrogen and oxygen atoms in total. The number of hydrogen-bond acceptors (Lipinski definition) is 2. The lowest BCUT2D eigenvalue weighted by Gasteiger charge is -2.37. The molecule has 0 bridgehead atoms. The van der Waals surface area contributed by atoms with E-state index in [9.17, 15) is 4.39 Å². The quantitative estimate of drug-likeness (QED) is 0.872. The van der Waals surface area contributed by atoms with Crippen molar-refractivity contribution in [3.05, 3.63) is 58.9 Å². The molecule has 4 heteroatoms. The van der Waals surface area contributed by atoms with Gasteiger partial charge in [-0.25, -0.2) is 4.39 Å². The van der Waals surface area contributed by atoms with Crippen LogP contribution in [0.2, 0.25) is 5.02 Å². The second-order valence-electron chi connectivity index (χ2n) is 5.38. The molecule has 1 N–H and O–H groups in total. The van der Waals surface area contributed by atoms with Gasteiger partial charge in [-0.15, -0.1) is 0 Å². The SMILES string of the molecule is COc1ccccc1C1CC(Nc2ccc(F)c(Cl)c2)C1. The molecule has 0 heterocycles. The third kappa shape index (κ3) is 2.98. The van der Waals surface area contributed by atoms with E-state index in [1.54, 1.807) is 19.2 Å². The van der Waals surface area contributed by atoms with Gasteiger partial charge in [0.1, 0.15) is 11.6 Å². The number of anilines is 1. The van der Waals surface area contributed by atoms with Crippen LogP contribution in [0.15, 0.2) is 42.5 Å². The smallest absolute Gasteiger partial charge is 0.141 e. The molecule has 0 saturated heterocycles. The minimum Gasteiger partial charge on any atom is -0.496 e. The van der Waals surface area contributed by atoms with Crippen molar-refractivity contribution in [2.75, 3.05) is 12.4 Å². The van der Waals surface area contributed by atoms with E-state index in [1.807, 2.05) is 18.2 Å². The fourth-order valence-corrected chi connectivity index (χ4v) is 3.00. The Kier molecular flexibility index (Phi) is 4.02. The lowest BCUT2D eigenvalue weighted by Crippen LogP contribution is -2.34. The summed E-state index contributed by atoms with van der Waals surface area (Å²) >= 11 is 5.79. The Balaban J connectivity index is 1.62. The molecule has 0 radical (unpaired) electrons. The summed E-state index contributed by atoms with van der Waals surface area (Å²) < 4.78 is 18.5. The fraction of sp³-hybridized carbons (Fsp3) is 0.294. The van der Waals surface area contributed by atoms with Gasteiger partial charge >= 0.3 is 0 Å². The van der Waals surface area contributed by atoms with Gasteiger partial charge in [-0.2, -0.15) is 0 Å². The van der Waals surface area contributed by atoms with Crippen LogP contribution >= 0.6 is 11.6 Å². The second kappa shape index (κ2) is 5.94. The second-order valence-corrected chi connectivity index (χ2v) is 5.79. The van der Waals surface area contributed by atoms with E-state index in [0.29, 0.717) is 12.0 Å². The summed E-state index contributed by atoms with van der Waals surface area (Å²) in [6.07, 6.45) is 2.07. The zero-order chi connectivity index (χ0) is 14.8. The fourth-order valence-electron chi connectivity index (χ4n) is 2.81. The molecule has 0 amide bonds. The molecule has 0 aliphatic heterocycles. The zero-order valence-corrected chi connectivity index (χ0v) is 12.5. The van der Waals surface area contributed by atoms with E-state index in [1.165, 1.54) is 11.6 Å². The molecular formula is C17H17ClFNO. The van der Waals surface area contributed by atoms with Crippen molar-refractivity contribution >= 4 is 17.3 Å². The van der Waals surface area contributed by atoms with Gasteiger partial charge in [0.05, 0.1) is 12.1 Å². The van der Waals surface area contributed by atoms with E-state index in [-0.39, 0.29) is 10.8 Å². The average Bonchev–Trinajstić information content (AvgIpc) is 2.46. The third-order valence-electron chi connectivity index (χ3n) is 4.01. The number of ether oxygens (including phenoxy) is 1. The third-order valence-corrected chi connectivity index (χ3v) is 4.30. The summed E-state index contributed by atoms with van der Waals surface area (Å²) in [5.41, 5.74) is 2.13. The van der Waals surface area contributed by atoms with Crippen molar-refractivity contribution < 1.29 is 9.13 Å². The van der Waals surface area contributed by atoms with Crippen molar-refractivity contribution in [1.29, 1.82) is 0 Å². The predicted molar refractivity (Wildman–Crippen MR) is 83.8 cm³/mol. The number of hydrogen-bond donors (Lipinski definition) is 1. The molecule has 110 valence electrons. The highest BCUT2D eigenvalue weighted by atomic mass is 35.5. The Labute approximate surface area is 128 Å². The van der Waals surface area contributed by atoms with Gasteiger partial charge in [0.2, 0.25) is 0 Å². The van der Waals surface area contributed by atoms with Gasteiger partial charge in [0.15, 0.2) is 0 Å². The van der Waals surface area contributed by atoms with Crippen LogP contribution in [0, 0.1) is 5.82 Å². The highest BCUT2D eigenvalue weighted by molar-refractivity contribution is 6.31. The summed E-state index contributed by atoms with van der Waals surface area (Å²) in [5.74, 6) is 1.07. The van der Waals surface area contributed by atoms with Crippen LogP contribution in [0.3, 0.4) is 0 Å². The van der Waals surface area contributed by atoms with Crippen molar-refractivity contribution in [3.63, 3.8) is 0 Å². The molecular weight excluding hydrogens is 289 g/mol. The molecule has 2 aromatic rings. The molecule has 21 heavy (non-hydrogen) atoms. The van der Waals surface area contributed by atoms with E-state index in [0.717, 1.165) is 24.3 Å². The van der Waals surface area contributed by atoms with Crippen LogP contribution in [0.1, 0.15) is 24.3 Å². The van der Waals surface area contributed by atoms with E-state index < -0.39 is 0 Å². The normalized spacial score (nSPS) is 20.7. The topological polar surface area (TPSA) is 21.3 Å². The maximum atomic E-state index is 13.1. The number of para-hydroxylation sites is 1. The van der Waals surface area contributed by atoms with Crippen LogP contribution in [-0.4, -0.2) is 13.2 Å². The van der Waals surface area contributed by atoms with Crippen molar-refractivity contribution in [2.24, 2.45) is 0 Å². The maximum absolute atomic E-state index is 13.1. The summed E-state index contributed by atoms with van der Waals surface area (Å²) in [6, 6.07) is 13.3. The lowest BCUT2D eigenvalue weighted by molar-refractivity contribution is 0.350. The summed E-state index contributed by atoms with van der Waals surface area (Å²) in [6.45, 7) is 0. The molecule has 0 unspecified atom stereocenters. The number of rotatable bonds is 4. The Morgan fingerprint density at radius 2 is 1.95 bits per heavy atom. The van der Waals surface area contributed by atoms with Gasteiger partial charge in [-0.1, -0.05) is 29.8 Å². The summed E-state index contributed by atoms with van der Waals surface area (Å²) in [7, 11) is 1.70. The minimum absolute atomic E-state index is 0.153. The number of halogens is 2. The summed E-state index contributed by atoms with van der Waals surface area (Å²) in [4.78, 5) is 0. The molecule has 0 spiro atoms. The first-order valence-corrected chi connectivity index (χ1v) is 7.39. The van der Waals surface area contributed by atoms with Gasteiger partial charge in [-0.05, 0) is 48.6 Å². The van der Waals surface area contributed by atoms with Gasteiger partial charge in [0, 0.05) is 11.7 Å². The highest BCUT2D eigenvalue weighted by Crippen LogP contribution is 2.42. The molecule has 1 aliphatic rings. The molecule has 1 saturated carbocycles.